The van der Waals surface area contributed by atoms with E-state index in [-0.39, 0.29) is 36.6 Å². The Kier molecular flexibility index (Phi) is 7.60. The lowest BCUT2D eigenvalue weighted by atomic mass is 9.80. The van der Waals surface area contributed by atoms with E-state index in [9.17, 15) is 35.2 Å². The van der Waals surface area contributed by atoms with Gasteiger partial charge in [-0.05, 0) is 56.0 Å². The quantitative estimate of drug-likeness (QED) is 0.571. The number of hydrogen-bond donors (Lipinski definition) is 1. The molecule has 196 valence electrons. The van der Waals surface area contributed by atoms with Gasteiger partial charge in [-0.15, -0.1) is 0 Å². The van der Waals surface area contributed by atoms with E-state index in [1.54, 1.807) is 6.07 Å². The van der Waals surface area contributed by atoms with Crippen LogP contribution in [0.15, 0.2) is 41.6 Å². The van der Waals surface area contributed by atoms with Crippen LogP contribution in [0.4, 0.5) is 22.0 Å². The molecule has 2 fully saturated rings. The zero-order valence-electron chi connectivity index (χ0n) is 19.1. The molecule has 2 aromatic rings. The van der Waals surface area contributed by atoms with Crippen molar-refractivity contribution < 1.29 is 35.2 Å². The molecule has 7 nitrogen and oxygen atoms in total. The molecule has 0 radical (unpaired) electrons. The predicted octanol–water partition coefficient (Wildman–Crippen LogP) is 3.87. The highest BCUT2D eigenvalue weighted by Crippen LogP contribution is 2.42. The highest BCUT2D eigenvalue weighted by atomic mass is 32.2. The average Bonchev–Trinajstić information content (AvgIpc) is 3.25. The topological polar surface area (TPSA) is 92.3 Å². The third-order valence-electron chi connectivity index (χ3n) is 6.72. The van der Waals surface area contributed by atoms with E-state index < -0.39 is 52.6 Å². The number of rotatable bonds is 6. The molecule has 0 bridgehead atoms. The van der Waals surface area contributed by atoms with Crippen molar-refractivity contribution in [2.45, 2.75) is 67.9 Å². The lowest BCUT2D eigenvalue weighted by Gasteiger charge is -2.29. The molecule has 1 saturated heterocycles. The largest absolute Gasteiger partial charge is 0.391 e. The highest BCUT2D eigenvalue weighted by molar-refractivity contribution is 7.89. The Morgan fingerprint density at radius 2 is 1.75 bits per heavy atom. The number of carbonyl (C=O) groups is 1. The first-order valence-electron chi connectivity index (χ1n) is 11.5. The van der Waals surface area contributed by atoms with Gasteiger partial charge in [0.2, 0.25) is 15.9 Å². The van der Waals surface area contributed by atoms with Crippen molar-refractivity contribution >= 4 is 15.9 Å². The molecule has 36 heavy (non-hydrogen) atoms. The molecule has 2 heterocycles. The molecule has 1 aromatic carbocycles. The average molecular weight is 533 g/mol. The molecule has 0 spiro atoms. The summed E-state index contributed by atoms with van der Waals surface area (Å²) >= 11 is 0. The minimum atomic E-state index is -4.24. The van der Waals surface area contributed by atoms with Crippen LogP contribution in [0.5, 0.6) is 0 Å². The van der Waals surface area contributed by atoms with Gasteiger partial charge >= 0.3 is 6.18 Å². The smallest absolute Gasteiger partial charge is 0.349 e. The van der Waals surface area contributed by atoms with Crippen LogP contribution in [0.2, 0.25) is 0 Å². The minimum Gasteiger partial charge on any atom is -0.349 e. The number of alkyl halides is 4. The number of benzene rings is 1. The molecular weight excluding hydrogens is 507 g/mol. The van der Waals surface area contributed by atoms with Gasteiger partial charge in [0.15, 0.2) is 0 Å². The normalized spacial score (nSPS) is 25.6. The van der Waals surface area contributed by atoms with Crippen LogP contribution in [0.3, 0.4) is 0 Å². The van der Waals surface area contributed by atoms with Gasteiger partial charge in [0.05, 0.1) is 23.1 Å². The fourth-order valence-electron chi connectivity index (χ4n) is 4.75. The summed E-state index contributed by atoms with van der Waals surface area (Å²) in [5.41, 5.74) is 0.981. The first-order valence-corrected chi connectivity index (χ1v) is 13.0. The van der Waals surface area contributed by atoms with Crippen molar-refractivity contribution in [2.24, 2.45) is 5.92 Å². The molecule has 2 aliphatic rings. The first-order chi connectivity index (χ1) is 16.9. The molecule has 1 aliphatic heterocycles. The molecule has 1 amide bonds. The number of nitrogens with one attached hydrogen (secondary N) is 1. The molecular formula is C23H25F5N4O3S. The van der Waals surface area contributed by atoms with Gasteiger partial charge in [0.25, 0.3) is 0 Å². The summed E-state index contributed by atoms with van der Waals surface area (Å²) in [6.45, 7) is -0.597. The van der Waals surface area contributed by atoms with E-state index in [1.165, 1.54) is 6.33 Å². The summed E-state index contributed by atoms with van der Waals surface area (Å²) in [6, 6.07) is 4.35. The number of hydrogen-bond acceptors (Lipinski definition) is 5. The lowest BCUT2D eigenvalue weighted by molar-refractivity contribution is -0.182. The monoisotopic (exact) mass is 532 g/mol. The van der Waals surface area contributed by atoms with E-state index in [1.807, 2.05) is 0 Å². The van der Waals surface area contributed by atoms with Crippen LogP contribution >= 0.6 is 0 Å². The third kappa shape index (κ3) is 5.83. The Morgan fingerprint density at radius 1 is 1.08 bits per heavy atom. The maximum Gasteiger partial charge on any atom is 0.391 e. The van der Waals surface area contributed by atoms with Crippen molar-refractivity contribution in [3.8, 4) is 0 Å². The van der Waals surface area contributed by atoms with E-state index in [0.29, 0.717) is 24.2 Å². The van der Waals surface area contributed by atoms with Crippen LogP contribution in [0.1, 0.15) is 49.4 Å². The molecule has 1 saturated carbocycles. The van der Waals surface area contributed by atoms with Crippen LogP contribution in [0, 0.1) is 11.7 Å². The minimum absolute atomic E-state index is 0.0225. The maximum absolute atomic E-state index is 14.2. The van der Waals surface area contributed by atoms with Crippen molar-refractivity contribution in [3.63, 3.8) is 0 Å². The molecule has 2 atom stereocenters. The summed E-state index contributed by atoms with van der Waals surface area (Å²) in [5, 5.41) is 2.57. The Balaban J connectivity index is 1.40. The van der Waals surface area contributed by atoms with Crippen molar-refractivity contribution in [3.05, 3.63) is 53.9 Å². The number of halogens is 5. The van der Waals surface area contributed by atoms with Gasteiger partial charge in [-0.1, -0.05) is 0 Å². The Labute approximate surface area is 205 Å². The zero-order valence-corrected chi connectivity index (χ0v) is 19.9. The fraction of sp³-hybridized carbons (Fsp3) is 0.522. The van der Waals surface area contributed by atoms with Crippen LogP contribution in [-0.2, 0) is 21.4 Å². The van der Waals surface area contributed by atoms with Gasteiger partial charge in [0.1, 0.15) is 24.4 Å². The summed E-state index contributed by atoms with van der Waals surface area (Å²) in [7, 11) is -4.24. The Morgan fingerprint density at radius 3 is 2.39 bits per heavy atom. The van der Waals surface area contributed by atoms with Crippen LogP contribution < -0.4 is 5.32 Å². The van der Waals surface area contributed by atoms with Crippen molar-refractivity contribution in [2.75, 3.05) is 6.54 Å². The van der Waals surface area contributed by atoms with E-state index in [0.717, 1.165) is 28.6 Å². The Bertz CT molecular complexity index is 1180. The van der Waals surface area contributed by atoms with Gasteiger partial charge < -0.3 is 5.32 Å². The summed E-state index contributed by atoms with van der Waals surface area (Å²) < 4.78 is 92.8. The second kappa shape index (κ2) is 10.4. The van der Waals surface area contributed by atoms with Gasteiger partial charge in [-0.3, -0.25) is 4.79 Å². The second-order valence-corrected chi connectivity index (χ2v) is 11.0. The van der Waals surface area contributed by atoms with Gasteiger partial charge in [-0.2, -0.15) is 17.5 Å². The van der Waals surface area contributed by atoms with E-state index in [2.05, 4.69) is 15.3 Å². The van der Waals surface area contributed by atoms with Crippen molar-refractivity contribution in [1.29, 1.82) is 0 Å². The van der Waals surface area contributed by atoms with Crippen molar-refractivity contribution in [1.82, 2.24) is 19.6 Å². The summed E-state index contributed by atoms with van der Waals surface area (Å²) in [4.78, 5) is 20.8. The summed E-state index contributed by atoms with van der Waals surface area (Å²) in [6.07, 6.45) is -4.10. The first kappa shape index (κ1) is 26.4. The molecule has 1 N–H and O–H groups in total. The molecule has 1 aliphatic carbocycles. The van der Waals surface area contributed by atoms with Gasteiger partial charge in [-0.25, -0.2) is 27.2 Å². The lowest BCUT2D eigenvalue weighted by Crippen LogP contribution is -2.45. The number of sulfonamides is 1. The molecule has 2 unspecified atom stereocenters. The highest BCUT2D eigenvalue weighted by Gasteiger charge is 2.44. The SMILES string of the molecule is O=C(NCc1cc(C2CCC(C(F)(F)F)CC2)ncn1)C1CC(F)CN1S(=O)(=O)c1ccc(F)cc1. The zero-order chi connectivity index (χ0) is 26.1. The van der Waals surface area contributed by atoms with E-state index >= 15 is 0 Å². The number of nitrogens with zero attached hydrogens (tertiary/aromatic N) is 3. The standard InChI is InChI=1S/C23H25F5N4O3S/c24-16-5-7-19(8-6-16)36(34,35)32-12-17(25)9-21(32)22(33)29-11-18-10-20(31-13-30-18)14-1-3-15(4-2-14)23(26,27)28/h5-8,10,13-15,17,21H,1-4,9,11-12H2,(H,29,33). The van der Waals surface area contributed by atoms with Crippen LogP contribution in [0.25, 0.3) is 0 Å². The molecule has 1 aromatic heterocycles. The van der Waals surface area contributed by atoms with Crippen LogP contribution in [-0.4, -0.2) is 53.5 Å². The predicted molar refractivity (Wildman–Crippen MR) is 118 cm³/mol. The second-order valence-electron chi connectivity index (χ2n) is 9.12. The third-order valence-corrected chi connectivity index (χ3v) is 8.61. The number of aromatic nitrogens is 2. The van der Waals surface area contributed by atoms with Gasteiger partial charge in [0, 0.05) is 24.6 Å². The Hall–Kier alpha value is -2.67. The maximum atomic E-state index is 14.2. The molecule has 4 rings (SSSR count). The number of amides is 1. The fourth-order valence-corrected chi connectivity index (χ4v) is 6.37. The summed E-state index contributed by atoms with van der Waals surface area (Å²) in [5.74, 6) is -2.81. The van der Waals surface area contributed by atoms with E-state index in [4.69, 9.17) is 0 Å². The number of carbonyl (C=O) groups excluding carboxylic acids is 1. The molecule has 13 heteroatoms.